The molecule has 0 aromatic heterocycles. The van der Waals surface area contributed by atoms with Gasteiger partial charge >= 0.3 is 0 Å². The van der Waals surface area contributed by atoms with Crippen molar-refractivity contribution in [2.75, 3.05) is 16.9 Å². The maximum absolute atomic E-state index is 12.8. The topological polar surface area (TPSA) is 92.3 Å². The fourth-order valence-corrected chi connectivity index (χ4v) is 4.72. The van der Waals surface area contributed by atoms with Crippen molar-refractivity contribution in [3.8, 4) is 0 Å². The summed E-state index contributed by atoms with van der Waals surface area (Å²) in [5.74, 6) is -0.469. The normalized spacial score (nSPS) is 19.1. The molecular weight excluding hydrogens is 448 g/mol. The number of anilines is 2. The fourth-order valence-electron chi connectivity index (χ4n) is 3.83. The van der Waals surface area contributed by atoms with Gasteiger partial charge in [0.1, 0.15) is 0 Å². The van der Waals surface area contributed by atoms with E-state index in [0.29, 0.717) is 11.4 Å². The Morgan fingerprint density at radius 3 is 2.34 bits per heavy atom. The van der Waals surface area contributed by atoms with Gasteiger partial charge < -0.3 is 10.6 Å². The number of carbonyl (C=O) groups is 2. The lowest BCUT2D eigenvalue weighted by Gasteiger charge is -2.11. The quantitative estimate of drug-likeness (QED) is 0.564. The zero-order valence-corrected chi connectivity index (χ0v) is 20.3. The molecule has 2 unspecified atom stereocenters. The van der Waals surface area contributed by atoms with E-state index >= 15 is 0 Å². The third kappa shape index (κ3) is 5.22. The second kappa shape index (κ2) is 8.71. The van der Waals surface area contributed by atoms with Crippen molar-refractivity contribution in [1.29, 1.82) is 0 Å². The standard InChI is InChI=1S/C24H27ClN2O4S/c1-14(2)11-18-21(24(18,3)4)23(29)26-16-9-10-20(19(25)13-16)27-22(28)15-7-6-8-17(12-15)32(5,30)31/h6-13,18,21H,1-5H3,(H,26,29)(H,27,28). The lowest BCUT2D eigenvalue weighted by molar-refractivity contribution is -0.118. The second-order valence-electron chi connectivity index (χ2n) is 9.01. The zero-order chi connectivity index (χ0) is 23.8. The van der Waals surface area contributed by atoms with E-state index < -0.39 is 15.7 Å². The molecule has 0 aliphatic heterocycles. The Morgan fingerprint density at radius 2 is 1.75 bits per heavy atom. The molecule has 2 aromatic rings. The molecular formula is C24H27ClN2O4S. The number of amides is 2. The molecule has 0 heterocycles. The highest BCUT2D eigenvalue weighted by Crippen LogP contribution is 2.59. The van der Waals surface area contributed by atoms with E-state index in [1.165, 1.54) is 29.8 Å². The molecule has 0 saturated heterocycles. The van der Waals surface area contributed by atoms with Gasteiger partial charge in [0.15, 0.2) is 9.84 Å². The molecule has 0 bridgehead atoms. The molecule has 0 spiro atoms. The first-order chi connectivity index (χ1) is 14.8. The first kappa shape index (κ1) is 24.0. The predicted molar refractivity (Wildman–Crippen MR) is 128 cm³/mol. The Labute approximate surface area is 194 Å². The van der Waals surface area contributed by atoms with Crippen LogP contribution in [0.25, 0.3) is 0 Å². The smallest absolute Gasteiger partial charge is 0.255 e. The minimum atomic E-state index is -3.43. The first-order valence-corrected chi connectivity index (χ1v) is 12.4. The van der Waals surface area contributed by atoms with Crippen LogP contribution in [0.15, 0.2) is 59.0 Å². The molecule has 1 aliphatic carbocycles. The molecule has 2 atom stereocenters. The van der Waals surface area contributed by atoms with Gasteiger partial charge in [-0.2, -0.15) is 0 Å². The third-order valence-electron chi connectivity index (χ3n) is 5.72. The second-order valence-corrected chi connectivity index (χ2v) is 11.4. The Hall–Kier alpha value is -2.64. The number of allylic oxidation sites excluding steroid dienone is 2. The molecule has 1 aliphatic rings. The largest absolute Gasteiger partial charge is 0.326 e. The van der Waals surface area contributed by atoms with Gasteiger partial charge in [-0.05, 0) is 61.6 Å². The van der Waals surface area contributed by atoms with Crippen LogP contribution in [0.2, 0.25) is 5.02 Å². The van der Waals surface area contributed by atoms with Gasteiger partial charge in [0.25, 0.3) is 5.91 Å². The summed E-state index contributed by atoms with van der Waals surface area (Å²) in [7, 11) is -3.43. The van der Waals surface area contributed by atoms with E-state index in [0.717, 1.165) is 6.26 Å². The van der Waals surface area contributed by atoms with Crippen LogP contribution in [-0.4, -0.2) is 26.5 Å². The SMILES string of the molecule is CC(C)=CC1C(C(=O)Nc2ccc(NC(=O)c3cccc(S(C)(=O)=O)c3)c(Cl)c2)C1(C)C. The monoisotopic (exact) mass is 474 g/mol. The summed E-state index contributed by atoms with van der Waals surface area (Å²) in [6, 6.07) is 10.6. The average Bonchev–Trinajstić information content (AvgIpc) is 3.22. The summed E-state index contributed by atoms with van der Waals surface area (Å²) >= 11 is 6.33. The summed E-state index contributed by atoms with van der Waals surface area (Å²) in [5.41, 5.74) is 2.18. The van der Waals surface area contributed by atoms with Crippen LogP contribution in [0.5, 0.6) is 0 Å². The van der Waals surface area contributed by atoms with E-state index in [-0.39, 0.29) is 38.6 Å². The maximum atomic E-state index is 12.8. The van der Waals surface area contributed by atoms with Crippen molar-refractivity contribution in [2.24, 2.45) is 17.3 Å². The Kier molecular flexibility index (Phi) is 6.54. The van der Waals surface area contributed by atoms with Gasteiger partial charge in [0.2, 0.25) is 5.91 Å². The summed E-state index contributed by atoms with van der Waals surface area (Å²) in [6.45, 7) is 8.19. The predicted octanol–water partition coefficient (Wildman–Crippen LogP) is 5.17. The van der Waals surface area contributed by atoms with Gasteiger partial charge in [-0.3, -0.25) is 9.59 Å². The molecule has 8 heteroatoms. The Bertz CT molecular complexity index is 1210. The van der Waals surface area contributed by atoms with Crippen molar-refractivity contribution in [2.45, 2.75) is 32.6 Å². The van der Waals surface area contributed by atoms with Crippen LogP contribution < -0.4 is 10.6 Å². The number of benzene rings is 2. The van der Waals surface area contributed by atoms with Gasteiger partial charge in [-0.25, -0.2) is 8.42 Å². The zero-order valence-electron chi connectivity index (χ0n) is 18.7. The minimum Gasteiger partial charge on any atom is -0.326 e. The summed E-state index contributed by atoms with van der Waals surface area (Å²) in [5, 5.41) is 5.84. The molecule has 1 saturated carbocycles. The van der Waals surface area contributed by atoms with Crippen LogP contribution in [0.4, 0.5) is 11.4 Å². The average molecular weight is 475 g/mol. The Morgan fingerprint density at radius 1 is 1.06 bits per heavy atom. The molecule has 2 aromatic carbocycles. The lowest BCUT2D eigenvalue weighted by atomic mass is 10.1. The van der Waals surface area contributed by atoms with Crippen LogP contribution in [0.3, 0.4) is 0 Å². The van der Waals surface area contributed by atoms with E-state index in [1.54, 1.807) is 18.2 Å². The fraction of sp³-hybridized carbons (Fsp3) is 0.333. The maximum Gasteiger partial charge on any atom is 0.255 e. The lowest BCUT2D eigenvalue weighted by Crippen LogP contribution is -2.17. The van der Waals surface area contributed by atoms with Gasteiger partial charge in [-0.1, -0.05) is 43.2 Å². The van der Waals surface area contributed by atoms with Crippen molar-refractivity contribution in [3.63, 3.8) is 0 Å². The van der Waals surface area contributed by atoms with Crippen molar-refractivity contribution in [3.05, 3.63) is 64.7 Å². The van der Waals surface area contributed by atoms with Gasteiger partial charge in [0, 0.05) is 17.5 Å². The highest BCUT2D eigenvalue weighted by molar-refractivity contribution is 7.90. The number of halogens is 1. The van der Waals surface area contributed by atoms with E-state index in [2.05, 4.69) is 30.6 Å². The van der Waals surface area contributed by atoms with Crippen molar-refractivity contribution < 1.29 is 18.0 Å². The summed E-state index contributed by atoms with van der Waals surface area (Å²) < 4.78 is 23.4. The number of carbonyl (C=O) groups excluding carboxylic acids is 2. The number of sulfone groups is 1. The molecule has 6 nitrogen and oxygen atoms in total. The van der Waals surface area contributed by atoms with Crippen molar-refractivity contribution >= 4 is 44.6 Å². The number of rotatable bonds is 6. The molecule has 32 heavy (non-hydrogen) atoms. The van der Waals surface area contributed by atoms with Crippen molar-refractivity contribution in [1.82, 2.24) is 0 Å². The van der Waals surface area contributed by atoms with Gasteiger partial charge in [-0.15, -0.1) is 0 Å². The van der Waals surface area contributed by atoms with Crippen LogP contribution in [0, 0.1) is 17.3 Å². The van der Waals surface area contributed by atoms with Crippen LogP contribution in [-0.2, 0) is 14.6 Å². The highest BCUT2D eigenvalue weighted by Gasteiger charge is 2.60. The first-order valence-electron chi connectivity index (χ1n) is 10.2. The molecule has 170 valence electrons. The number of nitrogens with one attached hydrogen (secondary N) is 2. The summed E-state index contributed by atoms with van der Waals surface area (Å²) in [4.78, 5) is 25.4. The minimum absolute atomic E-state index is 0.0590. The number of hydrogen-bond donors (Lipinski definition) is 2. The van der Waals surface area contributed by atoms with Crippen LogP contribution >= 0.6 is 11.6 Å². The Balaban J connectivity index is 1.70. The van der Waals surface area contributed by atoms with Gasteiger partial charge in [0.05, 0.1) is 21.5 Å². The van der Waals surface area contributed by atoms with E-state index in [4.69, 9.17) is 11.6 Å². The molecule has 3 rings (SSSR count). The molecule has 2 amide bonds. The molecule has 1 fully saturated rings. The summed E-state index contributed by atoms with van der Waals surface area (Å²) in [6.07, 6.45) is 3.22. The van der Waals surface area contributed by atoms with E-state index in [1.807, 2.05) is 13.8 Å². The molecule has 2 N–H and O–H groups in total. The third-order valence-corrected chi connectivity index (χ3v) is 7.14. The molecule has 0 radical (unpaired) electrons. The highest BCUT2D eigenvalue weighted by atomic mass is 35.5. The number of hydrogen-bond acceptors (Lipinski definition) is 4. The van der Waals surface area contributed by atoms with E-state index in [9.17, 15) is 18.0 Å². The van der Waals surface area contributed by atoms with Crippen LogP contribution in [0.1, 0.15) is 38.1 Å².